The summed E-state index contributed by atoms with van der Waals surface area (Å²) < 4.78 is 0.834. The van der Waals surface area contributed by atoms with Crippen LogP contribution in [0.5, 0.6) is 0 Å². The quantitative estimate of drug-likeness (QED) is 0.834. The Kier molecular flexibility index (Phi) is 4.82. The van der Waals surface area contributed by atoms with E-state index < -0.39 is 0 Å². The molecule has 2 rings (SSSR count). The molecule has 19 heavy (non-hydrogen) atoms. The van der Waals surface area contributed by atoms with Crippen molar-refractivity contribution < 1.29 is 4.79 Å². The first kappa shape index (κ1) is 14.3. The van der Waals surface area contributed by atoms with E-state index in [1.54, 1.807) is 0 Å². The van der Waals surface area contributed by atoms with Crippen molar-refractivity contribution in [2.75, 3.05) is 31.9 Å². The fourth-order valence-corrected chi connectivity index (χ4v) is 2.84. The third-order valence-corrected chi connectivity index (χ3v) is 4.03. The van der Waals surface area contributed by atoms with Crippen LogP contribution in [0.15, 0.2) is 16.6 Å². The number of hydrogen-bond donors (Lipinski definition) is 2. The molecule has 0 radical (unpaired) electrons. The lowest BCUT2D eigenvalue weighted by Crippen LogP contribution is -2.33. The Morgan fingerprint density at radius 3 is 2.79 bits per heavy atom. The standard InChI is InChI=1S/C14H20BrN3O/c1-10-12(8-11(15)9-13(10)16)14(19)17-4-7-18-5-2-3-6-18/h8-9H,2-7,16H2,1H3,(H,17,19). The van der Waals surface area contributed by atoms with Crippen molar-refractivity contribution >= 4 is 27.5 Å². The first-order valence-electron chi connectivity index (χ1n) is 6.64. The topological polar surface area (TPSA) is 58.4 Å². The molecule has 104 valence electrons. The summed E-state index contributed by atoms with van der Waals surface area (Å²) in [6.45, 7) is 5.79. The predicted octanol–water partition coefficient (Wildman–Crippen LogP) is 2.17. The van der Waals surface area contributed by atoms with Crippen LogP contribution in [0.25, 0.3) is 0 Å². The molecule has 0 bridgehead atoms. The van der Waals surface area contributed by atoms with E-state index in [9.17, 15) is 4.79 Å². The number of halogens is 1. The number of carbonyl (C=O) groups excluding carboxylic acids is 1. The van der Waals surface area contributed by atoms with Gasteiger partial charge < -0.3 is 16.0 Å². The number of nitrogens with one attached hydrogen (secondary N) is 1. The van der Waals surface area contributed by atoms with Crippen LogP contribution in [0.1, 0.15) is 28.8 Å². The smallest absolute Gasteiger partial charge is 0.251 e. The normalized spacial score (nSPS) is 15.7. The summed E-state index contributed by atoms with van der Waals surface area (Å²) in [6, 6.07) is 3.63. The van der Waals surface area contributed by atoms with Gasteiger partial charge >= 0.3 is 0 Å². The fraction of sp³-hybridized carbons (Fsp3) is 0.500. The van der Waals surface area contributed by atoms with Crippen molar-refractivity contribution in [2.24, 2.45) is 0 Å². The monoisotopic (exact) mass is 325 g/mol. The molecular weight excluding hydrogens is 306 g/mol. The van der Waals surface area contributed by atoms with Crippen LogP contribution in [0.4, 0.5) is 5.69 Å². The van der Waals surface area contributed by atoms with Gasteiger partial charge in [0.15, 0.2) is 0 Å². The highest BCUT2D eigenvalue weighted by molar-refractivity contribution is 9.10. The number of nitrogens with zero attached hydrogens (tertiary/aromatic N) is 1. The Morgan fingerprint density at radius 2 is 2.11 bits per heavy atom. The Morgan fingerprint density at radius 1 is 1.42 bits per heavy atom. The summed E-state index contributed by atoms with van der Waals surface area (Å²) >= 11 is 3.37. The molecule has 3 N–H and O–H groups in total. The molecule has 1 aliphatic heterocycles. The van der Waals surface area contributed by atoms with Gasteiger partial charge in [-0.1, -0.05) is 15.9 Å². The number of amides is 1. The molecule has 1 amide bonds. The molecule has 1 aliphatic rings. The van der Waals surface area contributed by atoms with E-state index in [0.717, 1.165) is 29.7 Å². The highest BCUT2D eigenvalue weighted by atomic mass is 79.9. The van der Waals surface area contributed by atoms with E-state index in [0.29, 0.717) is 17.8 Å². The lowest BCUT2D eigenvalue weighted by atomic mass is 10.1. The van der Waals surface area contributed by atoms with Crippen LogP contribution in [0.2, 0.25) is 0 Å². The summed E-state index contributed by atoms with van der Waals surface area (Å²) in [7, 11) is 0. The Labute approximate surface area is 122 Å². The molecule has 1 fully saturated rings. The van der Waals surface area contributed by atoms with Crippen molar-refractivity contribution in [1.29, 1.82) is 0 Å². The lowest BCUT2D eigenvalue weighted by molar-refractivity contribution is 0.0949. The van der Waals surface area contributed by atoms with Crippen molar-refractivity contribution in [2.45, 2.75) is 19.8 Å². The molecule has 0 aliphatic carbocycles. The summed E-state index contributed by atoms with van der Waals surface area (Å²) in [5.74, 6) is -0.0512. The molecule has 1 aromatic rings. The maximum atomic E-state index is 12.1. The van der Waals surface area contributed by atoms with Gasteiger partial charge in [0.2, 0.25) is 0 Å². The predicted molar refractivity (Wildman–Crippen MR) is 81.3 cm³/mol. The number of likely N-dealkylation sites (tertiary alicyclic amines) is 1. The van der Waals surface area contributed by atoms with Crippen LogP contribution in [0, 0.1) is 6.92 Å². The lowest BCUT2D eigenvalue weighted by Gasteiger charge is -2.15. The van der Waals surface area contributed by atoms with Gasteiger partial charge in [0.05, 0.1) is 0 Å². The van der Waals surface area contributed by atoms with Crippen LogP contribution >= 0.6 is 15.9 Å². The minimum Gasteiger partial charge on any atom is -0.398 e. The van der Waals surface area contributed by atoms with Crippen molar-refractivity contribution in [3.63, 3.8) is 0 Å². The Hall–Kier alpha value is -1.07. The SMILES string of the molecule is Cc1c(N)cc(Br)cc1C(=O)NCCN1CCCC1. The average molecular weight is 326 g/mol. The second-order valence-corrected chi connectivity index (χ2v) is 5.89. The third kappa shape index (κ3) is 3.70. The highest BCUT2D eigenvalue weighted by Gasteiger charge is 2.14. The first-order chi connectivity index (χ1) is 9.08. The highest BCUT2D eigenvalue weighted by Crippen LogP contribution is 2.22. The number of rotatable bonds is 4. The van der Waals surface area contributed by atoms with E-state index >= 15 is 0 Å². The molecule has 0 aromatic heterocycles. The first-order valence-corrected chi connectivity index (χ1v) is 7.43. The summed E-state index contributed by atoms with van der Waals surface area (Å²) in [5.41, 5.74) is 7.99. The molecular formula is C14H20BrN3O. The van der Waals surface area contributed by atoms with Crippen molar-refractivity contribution in [3.05, 3.63) is 27.7 Å². The summed E-state index contributed by atoms with van der Waals surface area (Å²) in [6.07, 6.45) is 2.55. The zero-order valence-electron chi connectivity index (χ0n) is 11.2. The Bertz CT molecular complexity index is 470. The Balaban J connectivity index is 1.92. The van der Waals surface area contributed by atoms with Gasteiger partial charge in [-0.05, 0) is 50.6 Å². The van der Waals surface area contributed by atoms with E-state index in [1.807, 2.05) is 19.1 Å². The van der Waals surface area contributed by atoms with Gasteiger partial charge in [-0.25, -0.2) is 0 Å². The molecule has 4 nitrogen and oxygen atoms in total. The number of carbonyl (C=O) groups is 1. The number of benzene rings is 1. The van der Waals surface area contributed by atoms with Crippen molar-refractivity contribution in [3.8, 4) is 0 Å². The second kappa shape index (κ2) is 6.39. The number of hydrogen-bond acceptors (Lipinski definition) is 3. The van der Waals surface area contributed by atoms with E-state index in [1.165, 1.54) is 12.8 Å². The van der Waals surface area contributed by atoms with Crippen LogP contribution < -0.4 is 11.1 Å². The van der Waals surface area contributed by atoms with E-state index in [4.69, 9.17) is 5.73 Å². The van der Waals surface area contributed by atoms with Crippen LogP contribution in [-0.4, -0.2) is 37.0 Å². The van der Waals surface area contributed by atoms with Gasteiger partial charge in [0.25, 0.3) is 5.91 Å². The van der Waals surface area contributed by atoms with E-state index in [2.05, 4.69) is 26.1 Å². The number of nitrogens with two attached hydrogens (primary N) is 1. The minimum atomic E-state index is -0.0512. The van der Waals surface area contributed by atoms with Crippen LogP contribution in [0.3, 0.4) is 0 Å². The van der Waals surface area contributed by atoms with E-state index in [-0.39, 0.29) is 5.91 Å². The zero-order valence-corrected chi connectivity index (χ0v) is 12.8. The molecule has 1 aromatic carbocycles. The maximum absolute atomic E-state index is 12.1. The van der Waals surface area contributed by atoms with Gasteiger partial charge in [-0.3, -0.25) is 4.79 Å². The molecule has 0 saturated carbocycles. The molecule has 0 spiro atoms. The second-order valence-electron chi connectivity index (χ2n) is 4.97. The van der Waals surface area contributed by atoms with Gasteiger partial charge in [0.1, 0.15) is 0 Å². The molecule has 1 saturated heterocycles. The van der Waals surface area contributed by atoms with Gasteiger partial charge in [-0.2, -0.15) is 0 Å². The third-order valence-electron chi connectivity index (χ3n) is 3.57. The van der Waals surface area contributed by atoms with Gasteiger partial charge in [-0.15, -0.1) is 0 Å². The maximum Gasteiger partial charge on any atom is 0.251 e. The molecule has 1 heterocycles. The molecule has 0 atom stereocenters. The molecule has 0 unspecified atom stereocenters. The minimum absolute atomic E-state index is 0.0512. The average Bonchev–Trinajstić information content (AvgIpc) is 2.86. The summed E-state index contributed by atoms with van der Waals surface area (Å²) in [5, 5.41) is 2.96. The number of anilines is 1. The summed E-state index contributed by atoms with van der Waals surface area (Å²) in [4.78, 5) is 14.5. The largest absolute Gasteiger partial charge is 0.398 e. The fourth-order valence-electron chi connectivity index (χ4n) is 2.36. The molecule has 5 heteroatoms. The number of nitrogen functional groups attached to an aromatic ring is 1. The van der Waals surface area contributed by atoms with Gasteiger partial charge in [0, 0.05) is 28.8 Å². The van der Waals surface area contributed by atoms with Crippen molar-refractivity contribution in [1.82, 2.24) is 10.2 Å². The zero-order chi connectivity index (χ0) is 13.8. The van der Waals surface area contributed by atoms with Crippen LogP contribution in [-0.2, 0) is 0 Å².